The smallest absolute Gasteiger partial charge is 0.335 e. The fraction of sp³-hybridized carbons (Fsp3) is 0.267. The zero-order valence-electron chi connectivity index (χ0n) is 12.2. The number of thiophene rings is 1. The molecule has 6 nitrogen and oxygen atoms in total. The molecule has 1 aromatic carbocycles. The van der Waals surface area contributed by atoms with Gasteiger partial charge in [0.15, 0.2) is 5.82 Å². The maximum atomic E-state index is 11.1. The van der Waals surface area contributed by atoms with Crippen molar-refractivity contribution in [2.24, 2.45) is 0 Å². The molecule has 0 atom stereocenters. The Bertz CT molecular complexity index is 824. The maximum Gasteiger partial charge on any atom is 0.335 e. The van der Waals surface area contributed by atoms with Crippen LogP contribution in [0.4, 0.5) is 0 Å². The molecule has 0 radical (unpaired) electrons. The summed E-state index contributed by atoms with van der Waals surface area (Å²) in [5.74, 6) is 0.287. The number of carboxylic acid groups (broad SMARTS) is 1. The van der Waals surface area contributed by atoms with E-state index in [1.54, 1.807) is 30.4 Å². The summed E-state index contributed by atoms with van der Waals surface area (Å²) in [6, 6.07) is 5.22. The van der Waals surface area contributed by atoms with E-state index in [0.29, 0.717) is 30.4 Å². The number of benzene rings is 1. The number of rotatable bonds is 5. The van der Waals surface area contributed by atoms with Gasteiger partial charge in [0.25, 0.3) is 0 Å². The molecule has 1 N–H and O–H groups in total. The highest BCUT2D eigenvalue weighted by atomic mass is 32.1. The summed E-state index contributed by atoms with van der Waals surface area (Å²) in [6.45, 7) is 3.02. The summed E-state index contributed by atoms with van der Waals surface area (Å²) in [4.78, 5) is 17.4. The van der Waals surface area contributed by atoms with Gasteiger partial charge in [-0.3, -0.25) is 4.90 Å². The minimum Gasteiger partial charge on any atom is -0.478 e. The molecule has 0 unspecified atom stereocenters. The number of fused-ring (bicyclic) bond motifs is 1. The lowest BCUT2D eigenvalue weighted by Crippen LogP contribution is -2.17. The number of hydrogen-bond acceptors (Lipinski definition) is 6. The minimum absolute atomic E-state index is 0.308. The highest BCUT2D eigenvalue weighted by Gasteiger charge is 2.12. The second-order valence-corrected chi connectivity index (χ2v) is 6.10. The van der Waals surface area contributed by atoms with Gasteiger partial charge < -0.3 is 9.63 Å². The normalized spacial score (nSPS) is 11.4. The monoisotopic (exact) mass is 317 g/mol. The fourth-order valence-corrected chi connectivity index (χ4v) is 3.25. The third-order valence-corrected chi connectivity index (χ3v) is 4.33. The van der Waals surface area contributed by atoms with Crippen molar-refractivity contribution < 1.29 is 14.4 Å². The largest absolute Gasteiger partial charge is 0.478 e. The number of aromatic nitrogens is 2. The molecular weight excluding hydrogens is 302 g/mol. The van der Waals surface area contributed by atoms with Crippen LogP contribution in [0.2, 0.25) is 0 Å². The summed E-state index contributed by atoms with van der Waals surface area (Å²) in [6.07, 6.45) is 0. The summed E-state index contributed by atoms with van der Waals surface area (Å²) < 4.78 is 6.20. The van der Waals surface area contributed by atoms with Gasteiger partial charge >= 0.3 is 5.97 Å². The molecule has 22 heavy (non-hydrogen) atoms. The van der Waals surface area contributed by atoms with Crippen LogP contribution in [0.5, 0.6) is 0 Å². The molecule has 3 aromatic rings. The zero-order chi connectivity index (χ0) is 15.7. The number of nitrogens with zero attached hydrogens (tertiary/aromatic N) is 3. The van der Waals surface area contributed by atoms with E-state index in [-0.39, 0.29) is 0 Å². The lowest BCUT2D eigenvalue weighted by atomic mass is 10.1. The summed E-state index contributed by atoms with van der Waals surface area (Å²) >= 11 is 1.62. The van der Waals surface area contributed by atoms with Crippen molar-refractivity contribution in [1.82, 2.24) is 15.0 Å². The van der Waals surface area contributed by atoms with Gasteiger partial charge in [-0.15, -0.1) is 11.3 Å². The van der Waals surface area contributed by atoms with Crippen molar-refractivity contribution in [3.05, 3.63) is 46.4 Å². The van der Waals surface area contributed by atoms with Crippen LogP contribution in [-0.2, 0) is 13.1 Å². The Kier molecular flexibility index (Phi) is 3.91. The molecule has 0 fully saturated rings. The van der Waals surface area contributed by atoms with Crippen LogP contribution < -0.4 is 0 Å². The molecule has 2 aromatic heterocycles. The number of carboxylic acids is 1. The van der Waals surface area contributed by atoms with E-state index in [2.05, 4.69) is 20.4 Å². The Balaban J connectivity index is 1.80. The summed E-state index contributed by atoms with van der Waals surface area (Å²) in [5, 5.41) is 15.9. The Hall–Kier alpha value is -2.25. The Morgan fingerprint density at radius 2 is 2.23 bits per heavy atom. The number of carbonyl (C=O) groups is 1. The van der Waals surface area contributed by atoms with Crippen molar-refractivity contribution in [2.45, 2.75) is 20.0 Å². The van der Waals surface area contributed by atoms with Crippen molar-refractivity contribution >= 4 is 27.4 Å². The summed E-state index contributed by atoms with van der Waals surface area (Å²) in [5.41, 5.74) is 1.41. The van der Waals surface area contributed by atoms with Crippen molar-refractivity contribution in [3.63, 3.8) is 0 Å². The van der Waals surface area contributed by atoms with Gasteiger partial charge in [0.1, 0.15) is 0 Å². The molecular formula is C15H15N3O3S. The zero-order valence-corrected chi connectivity index (χ0v) is 13.1. The van der Waals surface area contributed by atoms with E-state index in [1.807, 2.05) is 13.1 Å². The molecule has 0 spiro atoms. The average molecular weight is 317 g/mol. The van der Waals surface area contributed by atoms with Crippen LogP contribution in [0.25, 0.3) is 10.1 Å². The van der Waals surface area contributed by atoms with Gasteiger partial charge in [-0.2, -0.15) is 4.98 Å². The average Bonchev–Trinajstić information content (AvgIpc) is 3.05. The van der Waals surface area contributed by atoms with E-state index in [1.165, 1.54) is 0 Å². The first kappa shape index (κ1) is 14.7. The molecule has 0 saturated carbocycles. The lowest BCUT2D eigenvalue weighted by Gasteiger charge is -2.13. The molecule has 0 amide bonds. The van der Waals surface area contributed by atoms with E-state index < -0.39 is 5.97 Å². The molecule has 3 rings (SSSR count). The maximum absolute atomic E-state index is 11.1. The highest BCUT2D eigenvalue weighted by molar-refractivity contribution is 7.17. The molecule has 2 heterocycles. The molecule has 7 heteroatoms. The Morgan fingerprint density at radius 1 is 1.41 bits per heavy atom. The molecule has 0 aliphatic heterocycles. The van der Waals surface area contributed by atoms with E-state index in [4.69, 9.17) is 9.63 Å². The quantitative estimate of drug-likeness (QED) is 0.779. The van der Waals surface area contributed by atoms with Crippen LogP contribution in [-0.4, -0.2) is 33.2 Å². The molecule has 114 valence electrons. The van der Waals surface area contributed by atoms with Crippen LogP contribution in [0.3, 0.4) is 0 Å². The van der Waals surface area contributed by atoms with Gasteiger partial charge in [-0.25, -0.2) is 4.79 Å². The van der Waals surface area contributed by atoms with Crippen LogP contribution >= 0.6 is 11.3 Å². The van der Waals surface area contributed by atoms with Gasteiger partial charge in [0, 0.05) is 11.2 Å². The summed E-state index contributed by atoms with van der Waals surface area (Å²) in [7, 11) is 1.96. The number of aryl methyl sites for hydroxylation is 1. The standard InChI is InChI=1S/C15H15N3O3S/c1-9-16-14(21-17-9)7-18(2)6-11-8-22-13-4-3-10(15(19)20)5-12(11)13/h3-5,8H,6-7H2,1-2H3,(H,19,20). The van der Waals surface area contributed by atoms with Crippen molar-refractivity contribution in [3.8, 4) is 0 Å². The topological polar surface area (TPSA) is 79.5 Å². The first-order valence-electron chi connectivity index (χ1n) is 6.74. The fourth-order valence-electron chi connectivity index (χ4n) is 2.32. The SMILES string of the molecule is Cc1noc(CN(C)Cc2csc3ccc(C(=O)O)cc23)n1. The van der Waals surface area contributed by atoms with Gasteiger partial charge in [-0.05, 0) is 48.5 Å². The predicted octanol–water partition coefficient (Wildman–Crippen LogP) is 2.92. The van der Waals surface area contributed by atoms with Crippen LogP contribution in [0, 0.1) is 6.92 Å². The Labute approximate surface area is 131 Å². The van der Waals surface area contributed by atoms with E-state index in [9.17, 15) is 4.79 Å². The van der Waals surface area contributed by atoms with Crippen molar-refractivity contribution in [2.75, 3.05) is 7.05 Å². The second kappa shape index (κ2) is 5.86. The second-order valence-electron chi connectivity index (χ2n) is 5.18. The predicted molar refractivity (Wildman–Crippen MR) is 83.0 cm³/mol. The molecule has 0 aliphatic carbocycles. The van der Waals surface area contributed by atoms with E-state index >= 15 is 0 Å². The third kappa shape index (κ3) is 3.00. The van der Waals surface area contributed by atoms with Gasteiger partial charge in [-0.1, -0.05) is 5.16 Å². The van der Waals surface area contributed by atoms with Gasteiger partial charge in [0.2, 0.25) is 5.89 Å². The van der Waals surface area contributed by atoms with Crippen LogP contribution in [0.15, 0.2) is 28.1 Å². The highest BCUT2D eigenvalue weighted by Crippen LogP contribution is 2.28. The minimum atomic E-state index is -0.909. The van der Waals surface area contributed by atoms with Gasteiger partial charge in [0.05, 0.1) is 12.1 Å². The molecule has 0 bridgehead atoms. The lowest BCUT2D eigenvalue weighted by molar-refractivity contribution is 0.0697. The first-order chi connectivity index (χ1) is 10.5. The number of hydrogen-bond donors (Lipinski definition) is 1. The first-order valence-corrected chi connectivity index (χ1v) is 7.62. The van der Waals surface area contributed by atoms with Crippen LogP contribution in [0.1, 0.15) is 27.6 Å². The number of aromatic carboxylic acids is 1. The third-order valence-electron chi connectivity index (χ3n) is 3.32. The van der Waals surface area contributed by atoms with E-state index in [0.717, 1.165) is 15.6 Å². The molecule has 0 saturated heterocycles. The van der Waals surface area contributed by atoms with Crippen molar-refractivity contribution in [1.29, 1.82) is 0 Å². The Morgan fingerprint density at radius 3 is 2.91 bits per heavy atom. The molecule has 0 aliphatic rings.